The fourth-order valence-electron chi connectivity index (χ4n) is 2.70. The molecule has 0 spiro atoms. The van der Waals surface area contributed by atoms with Gasteiger partial charge < -0.3 is 26.0 Å². The van der Waals surface area contributed by atoms with Crippen molar-refractivity contribution in [3.8, 4) is 0 Å². The van der Waals surface area contributed by atoms with Crippen LogP contribution in [0.1, 0.15) is 26.3 Å². The van der Waals surface area contributed by atoms with Gasteiger partial charge in [0.05, 0.1) is 11.4 Å². The van der Waals surface area contributed by atoms with Gasteiger partial charge in [0.15, 0.2) is 0 Å². The highest BCUT2D eigenvalue weighted by molar-refractivity contribution is 5.75. The summed E-state index contributed by atoms with van der Waals surface area (Å²) < 4.78 is 33.3. The molecular formula is C19H26F2N4O2. The molecule has 1 aromatic carbocycles. The molecule has 0 atom stereocenters. The highest BCUT2D eigenvalue weighted by atomic mass is 19.1. The first-order valence-electron chi connectivity index (χ1n) is 8.68. The Kier molecular flexibility index (Phi) is 6.30. The smallest absolute Gasteiger partial charge is 0.410 e. The van der Waals surface area contributed by atoms with Crippen LogP contribution in [0.3, 0.4) is 0 Å². The van der Waals surface area contributed by atoms with Gasteiger partial charge in [0.25, 0.3) is 0 Å². The number of hydrogen-bond donors (Lipinski definition) is 2. The standard InChI is InChI=1S/C19H26F2N4O2/c1-19(2,3)27-18(26)25-9-7-24(8-10-25)16(23)11-13(12-22)17-14(20)5-4-6-15(17)21/h4-6,11-12H,7-10,22-23H2,1-3H3/b13-12+,16-11+. The zero-order chi connectivity index (χ0) is 20.2. The van der Waals surface area contributed by atoms with Crippen molar-refractivity contribution in [3.05, 3.63) is 53.5 Å². The topological polar surface area (TPSA) is 84.8 Å². The van der Waals surface area contributed by atoms with Crippen LogP contribution >= 0.6 is 0 Å². The minimum atomic E-state index is -0.717. The zero-order valence-corrected chi connectivity index (χ0v) is 15.8. The summed E-state index contributed by atoms with van der Waals surface area (Å²) in [5.74, 6) is -1.12. The van der Waals surface area contributed by atoms with E-state index in [1.54, 1.807) is 4.90 Å². The Balaban J connectivity index is 2.06. The second-order valence-electron chi connectivity index (χ2n) is 7.24. The normalized spacial score (nSPS) is 16.5. The lowest BCUT2D eigenvalue weighted by atomic mass is 10.0. The summed E-state index contributed by atoms with van der Waals surface area (Å²) in [5.41, 5.74) is 11.0. The van der Waals surface area contributed by atoms with Crippen LogP contribution in [-0.4, -0.2) is 47.7 Å². The minimum Gasteiger partial charge on any atom is -0.444 e. The van der Waals surface area contributed by atoms with Crippen molar-refractivity contribution >= 4 is 11.7 Å². The largest absolute Gasteiger partial charge is 0.444 e. The number of ether oxygens (including phenoxy) is 1. The van der Waals surface area contributed by atoms with Gasteiger partial charge in [-0.1, -0.05) is 6.07 Å². The third-order valence-corrected chi connectivity index (χ3v) is 4.03. The third kappa shape index (κ3) is 5.35. The second-order valence-corrected chi connectivity index (χ2v) is 7.24. The van der Waals surface area contributed by atoms with E-state index in [2.05, 4.69) is 0 Å². The number of amides is 1. The van der Waals surface area contributed by atoms with E-state index >= 15 is 0 Å². The molecular weight excluding hydrogens is 354 g/mol. The Morgan fingerprint density at radius 2 is 1.63 bits per heavy atom. The summed E-state index contributed by atoms with van der Waals surface area (Å²) >= 11 is 0. The number of piperazine rings is 1. The number of nitrogens with two attached hydrogens (primary N) is 2. The van der Waals surface area contributed by atoms with E-state index in [0.717, 1.165) is 18.3 Å². The molecule has 1 saturated heterocycles. The molecule has 0 radical (unpaired) electrons. The van der Waals surface area contributed by atoms with Gasteiger partial charge in [-0.05, 0) is 39.0 Å². The lowest BCUT2D eigenvalue weighted by molar-refractivity contribution is 0.0168. The van der Waals surface area contributed by atoms with Crippen LogP contribution in [-0.2, 0) is 4.74 Å². The summed E-state index contributed by atoms with van der Waals surface area (Å²) in [6.07, 6.45) is 2.18. The molecule has 27 heavy (non-hydrogen) atoms. The highest BCUT2D eigenvalue weighted by Crippen LogP contribution is 2.23. The molecule has 0 bridgehead atoms. The van der Waals surface area contributed by atoms with Gasteiger partial charge in [0.1, 0.15) is 17.2 Å². The van der Waals surface area contributed by atoms with Crippen molar-refractivity contribution < 1.29 is 18.3 Å². The number of hydrogen-bond acceptors (Lipinski definition) is 5. The molecule has 148 valence electrons. The molecule has 1 fully saturated rings. The Morgan fingerprint density at radius 3 is 2.11 bits per heavy atom. The van der Waals surface area contributed by atoms with Crippen molar-refractivity contribution in [2.45, 2.75) is 26.4 Å². The van der Waals surface area contributed by atoms with Crippen LogP contribution in [0.25, 0.3) is 5.57 Å². The van der Waals surface area contributed by atoms with Gasteiger partial charge >= 0.3 is 6.09 Å². The number of rotatable bonds is 3. The number of carbonyl (C=O) groups is 1. The molecule has 4 N–H and O–H groups in total. The highest BCUT2D eigenvalue weighted by Gasteiger charge is 2.26. The number of benzene rings is 1. The Bertz CT molecular complexity index is 728. The molecule has 1 aliphatic rings. The molecule has 0 saturated carbocycles. The SMILES string of the molecule is CC(C)(C)OC(=O)N1CCN(/C(N)=C/C(=C\N)c2c(F)cccc2F)CC1. The van der Waals surface area contributed by atoms with Gasteiger partial charge in [0, 0.05) is 38.0 Å². The van der Waals surface area contributed by atoms with Gasteiger partial charge in [-0.15, -0.1) is 0 Å². The molecule has 2 rings (SSSR count). The van der Waals surface area contributed by atoms with Crippen LogP contribution < -0.4 is 11.5 Å². The molecule has 0 aliphatic carbocycles. The van der Waals surface area contributed by atoms with Crippen molar-refractivity contribution in [3.63, 3.8) is 0 Å². The van der Waals surface area contributed by atoms with Crippen molar-refractivity contribution in [2.75, 3.05) is 26.2 Å². The van der Waals surface area contributed by atoms with Crippen LogP contribution in [0.15, 0.2) is 36.3 Å². The van der Waals surface area contributed by atoms with E-state index < -0.39 is 17.2 Å². The van der Waals surface area contributed by atoms with Gasteiger partial charge in [-0.25, -0.2) is 13.6 Å². The fraction of sp³-hybridized carbons (Fsp3) is 0.421. The van der Waals surface area contributed by atoms with E-state index in [-0.39, 0.29) is 17.2 Å². The zero-order valence-electron chi connectivity index (χ0n) is 15.8. The molecule has 6 nitrogen and oxygen atoms in total. The van der Waals surface area contributed by atoms with Crippen LogP contribution in [0.4, 0.5) is 13.6 Å². The lowest BCUT2D eigenvalue weighted by Gasteiger charge is -2.36. The van der Waals surface area contributed by atoms with Gasteiger partial charge in [0.2, 0.25) is 0 Å². The lowest BCUT2D eigenvalue weighted by Crippen LogP contribution is -2.50. The molecule has 0 aromatic heterocycles. The number of carbonyl (C=O) groups excluding carboxylic acids is 1. The van der Waals surface area contributed by atoms with Crippen molar-refractivity contribution in [1.29, 1.82) is 0 Å². The summed E-state index contributed by atoms with van der Waals surface area (Å²) in [4.78, 5) is 15.5. The maximum absolute atomic E-state index is 14.0. The summed E-state index contributed by atoms with van der Waals surface area (Å²) in [6.45, 7) is 7.23. The van der Waals surface area contributed by atoms with E-state index in [1.165, 1.54) is 12.1 Å². The molecule has 1 aliphatic heterocycles. The van der Waals surface area contributed by atoms with Crippen LogP contribution in [0.5, 0.6) is 0 Å². The first-order chi connectivity index (χ1) is 12.6. The molecule has 8 heteroatoms. The van der Waals surface area contributed by atoms with Crippen molar-refractivity contribution in [1.82, 2.24) is 9.80 Å². The van der Waals surface area contributed by atoms with Crippen LogP contribution in [0, 0.1) is 11.6 Å². The molecule has 1 heterocycles. The first kappa shape index (κ1) is 20.5. The number of allylic oxidation sites excluding steroid dienone is 2. The average Bonchev–Trinajstić information content (AvgIpc) is 2.59. The average molecular weight is 380 g/mol. The third-order valence-electron chi connectivity index (χ3n) is 4.03. The predicted molar refractivity (Wildman–Crippen MR) is 100 cm³/mol. The van der Waals surface area contributed by atoms with Crippen LogP contribution in [0.2, 0.25) is 0 Å². The Labute approximate surface area is 158 Å². The number of halogens is 2. The monoisotopic (exact) mass is 380 g/mol. The predicted octanol–water partition coefficient (Wildman–Crippen LogP) is 2.62. The van der Waals surface area contributed by atoms with Gasteiger partial charge in [-0.2, -0.15) is 0 Å². The summed E-state index contributed by atoms with van der Waals surface area (Å²) in [5, 5.41) is 0. The fourth-order valence-corrected chi connectivity index (χ4v) is 2.70. The summed E-state index contributed by atoms with van der Waals surface area (Å²) in [7, 11) is 0. The molecule has 1 aromatic rings. The Morgan fingerprint density at radius 1 is 1.11 bits per heavy atom. The van der Waals surface area contributed by atoms with Gasteiger partial charge in [-0.3, -0.25) is 0 Å². The van der Waals surface area contributed by atoms with E-state index in [4.69, 9.17) is 16.2 Å². The van der Waals surface area contributed by atoms with Crippen molar-refractivity contribution in [2.24, 2.45) is 11.5 Å². The molecule has 0 unspecified atom stereocenters. The molecule has 1 amide bonds. The van der Waals surface area contributed by atoms with E-state index in [0.29, 0.717) is 32.0 Å². The van der Waals surface area contributed by atoms with E-state index in [1.807, 2.05) is 25.7 Å². The summed E-state index contributed by atoms with van der Waals surface area (Å²) in [6, 6.07) is 3.60. The maximum atomic E-state index is 14.0. The Hall–Kier alpha value is -2.77. The second kappa shape index (κ2) is 8.28. The maximum Gasteiger partial charge on any atom is 0.410 e. The van der Waals surface area contributed by atoms with E-state index in [9.17, 15) is 13.6 Å². The number of nitrogens with zero attached hydrogens (tertiary/aromatic N) is 2. The minimum absolute atomic E-state index is 0.151. The quantitative estimate of drug-likeness (QED) is 0.788. The first-order valence-corrected chi connectivity index (χ1v) is 8.68.